The van der Waals surface area contributed by atoms with Crippen molar-refractivity contribution in [2.24, 2.45) is 5.14 Å². The Bertz CT molecular complexity index is 708. The summed E-state index contributed by atoms with van der Waals surface area (Å²) in [6.45, 7) is 2.41. The lowest BCUT2D eigenvalue weighted by molar-refractivity contribution is -0.121. The van der Waals surface area contributed by atoms with Crippen molar-refractivity contribution in [2.45, 2.75) is 17.9 Å². The molecular formula is C15H24N4O5S. The van der Waals surface area contributed by atoms with E-state index in [9.17, 15) is 18.0 Å². The maximum atomic E-state index is 11.9. The Balaban J connectivity index is 2.63. The number of primary sulfonamides is 1. The summed E-state index contributed by atoms with van der Waals surface area (Å²) in [5.41, 5.74) is 0.686. The third-order valence-electron chi connectivity index (χ3n) is 3.57. The average Bonchev–Trinajstić information content (AvgIpc) is 2.53. The highest BCUT2D eigenvalue weighted by atomic mass is 32.2. The van der Waals surface area contributed by atoms with E-state index in [0.717, 1.165) is 0 Å². The van der Waals surface area contributed by atoms with Gasteiger partial charge in [-0.1, -0.05) is 12.1 Å². The van der Waals surface area contributed by atoms with Crippen LogP contribution in [0.3, 0.4) is 0 Å². The van der Waals surface area contributed by atoms with Crippen LogP contribution in [0.4, 0.5) is 4.79 Å². The zero-order valence-corrected chi connectivity index (χ0v) is 15.3. The van der Waals surface area contributed by atoms with E-state index in [1.807, 2.05) is 6.92 Å². The van der Waals surface area contributed by atoms with Gasteiger partial charge >= 0.3 is 6.03 Å². The molecule has 0 aliphatic carbocycles. The number of nitrogens with one attached hydrogen (secondary N) is 2. The number of nitrogens with zero attached hydrogens (tertiary/aromatic N) is 1. The van der Waals surface area contributed by atoms with Gasteiger partial charge in [0, 0.05) is 19.7 Å². The molecule has 10 heteroatoms. The number of imide groups is 1. The molecule has 0 aromatic heterocycles. The van der Waals surface area contributed by atoms with E-state index in [4.69, 9.17) is 9.88 Å². The number of hydrogen-bond donors (Lipinski definition) is 3. The highest BCUT2D eigenvalue weighted by Gasteiger charge is 2.18. The Morgan fingerprint density at radius 2 is 2.04 bits per heavy atom. The van der Waals surface area contributed by atoms with Gasteiger partial charge in [0.25, 0.3) is 0 Å². The third kappa shape index (κ3) is 7.18. The van der Waals surface area contributed by atoms with Gasteiger partial charge in [-0.2, -0.15) is 0 Å². The highest BCUT2D eigenvalue weighted by Crippen LogP contribution is 2.21. The van der Waals surface area contributed by atoms with Crippen LogP contribution in [0.2, 0.25) is 0 Å². The van der Waals surface area contributed by atoms with E-state index in [2.05, 4.69) is 10.6 Å². The number of methoxy groups -OCH3 is 1. The average molecular weight is 372 g/mol. The number of likely N-dealkylation sites (N-methyl/N-ethyl adjacent to an activating group) is 1. The molecule has 140 valence electrons. The zero-order valence-electron chi connectivity index (χ0n) is 14.5. The molecule has 0 aliphatic rings. The quantitative estimate of drug-likeness (QED) is 0.542. The number of carbonyl (C=O) groups is 2. The molecule has 1 unspecified atom stereocenters. The first-order valence-electron chi connectivity index (χ1n) is 7.54. The number of sulfonamides is 1. The molecule has 1 aromatic rings. The minimum absolute atomic E-state index is 0.00669. The number of nitrogens with two attached hydrogens (primary N) is 1. The first kappa shape index (κ1) is 21.0. The van der Waals surface area contributed by atoms with Crippen molar-refractivity contribution in [2.75, 3.05) is 33.9 Å². The summed E-state index contributed by atoms with van der Waals surface area (Å²) in [7, 11) is -0.598. The lowest BCUT2D eigenvalue weighted by atomic mass is 10.1. The van der Waals surface area contributed by atoms with Crippen LogP contribution in [-0.4, -0.2) is 59.1 Å². The summed E-state index contributed by atoms with van der Waals surface area (Å²) < 4.78 is 27.7. The molecule has 0 heterocycles. The van der Waals surface area contributed by atoms with Crippen molar-refractivity contribution in [3.8, 4) is 0 Å². The second-order valence-electron chi connectivity index (χ2n) is 5.51. The van der Waals surface area contributed by atoms with Crippen LogP contribution in [0, 0.1) is 0 Å². The van der Waals surface area contributed by atoms with E-state index in [0.29, 0.717) is 18.7 Å². The van der Waals surface area contributed by atoms with Crippen LogP contribution in [0.25, 0.3) is 0 Å². The minimum atomic E-state index is -3.80. The van der Waals surface area contributed by atoms with Crippen LogP contribution in [-0.2, 0) is 19.6 Å². The number of rotatable bonds is 8. The maximum Gasteiger partial charge on any atom is 0.321 e. The fourth-order valence-electron chi connectivity index (χ4n) is 2.05. The Morgan fingerprint density at radius 3 is 2.64 bits per heavy atom. The van der Waals surface area contributed by atoms with Gasteiger partial charge in [-0.25, -0.2) is 18.4 Å². The van der Waals surface area contributed by atoms with Gasteiger partial charge in [0.2, 0.25) is 15.9 Å². The summed E-state index contributed by atoms with van der Waals surface area (Å²) in [6, 6.07) is 5.34. The van der Waals surface area contributed by atoms with Gasteiger partial charge in [0.15, 0.2) is 0 Å². The van der Waals surface area contributed by atoms with E-state index < -0.39 is 22.0 Å². The Hall–Kier alpha value is -2.01. The van der Waals surface area contributed by atoms with E-state index in [1.165, 1.54) is 19.2 Å². The molecule has 0 spiro atoms. The molecular weight excluding hydrogens is 348 g/mol. The molecule has 0 aliphatic heterocycles. The second-order valence-corrected chi connectivity index (χ2v) is 7.07. The smallest absolute Gasteiger partial charge is 0.321 e. The summed E-state index contributed by atoms with van der Waals surface area (Å²) in [6.07, 6.45) is 0. The molecule has 0 radical (unpaired) electrons. The van der Waals surface area contributed by atoms with Crippen LogP contribution in [0.5, 0.6) is 0 Å². The Labute approximate surface area is 147 Å². The number of hydrogen-bond acceptors (Lipinski definition) is 6. The molecule has 3 amide bonds. The molecule has 4 N–H and O–H groups in total. The first-order valence-corrected chi connectivity index (χ1v) is 9.09. The van der Waals surface area contributed by atoms with E-state index in [1.54, 1.807) is 24.1 Å². The van der Waals surface area contributed by atoms with Gasteiger partial charge in [-0.3, -0.25) is 15.0 Å². The lowest BCUT2D eigenvalue weighted by Crippen LogP contribution is -2.44. The van der Waals surface area contributed by atoms with Crippen molar-refractivity contribution in [1.82, 2.24) is 15.5 Å². The minimum Gasteiger partial charge on any atom is -0.383 e. The third-order valence-corrected chi connectivity index (χ3v) is 4.48. The predicted octanol–water partition coefficient (Wildman–Crippen LogP) is -0.201. The zero-order chi connectivity index (χ0) is 19.0. The molecule has 9 nitrogen and oxygen atoms in total. The standard InChI is InChI=1S/C15H24N4O5S/c1-11(12-5-4-6-13(9-12)25(16,22)23)19(2)10-14(20)18-15(21)17-7-8-24-3/h4-6,9,11H,7-8,10H2,1-3H3,(H2,16,22,23)(H2,17,18,20,21). The van der Waals surface area contributed by atoms with Crippen LogP contribution in [0.1, 0.15) is 18.5 Å². The number of carbonyl (C=O) groups excluding carboxylic acids is 2. The van der Waals surface area contributed by atoms with Crippen molar-refractivity contribution >= 4 is 22.0 Å². The van der Waals surface area contributed by atoms with Crippen molar-refractivity contribution in [3.63, 3.8) is 0 Å². The molecule has 1 rings (SSSR count). The Morgan fingerprint density at radius 1 is 1.36 bits per heavy atom. The molecule has 25 heavy (non-hydrogen) atoms. The second kappa shape index (κ2) is 9.47. The maximum absolute atomic E-state index is 11.9. The SMILES string of the molecule is COCCNC(=O)NC(=O)CN(C)C(C)c1cccc(S(N)(=O)=O)c1. The van der Waals surface area contributed by atoms with Crippen LogP contribution < -0.4 is 15.8 Å². The first-order chi connectivity index (χ1) is 11.6. The molecule has 1 atom stereocenters. The summed E-state index contributed by atoms with van der Waals surface area (Å²) >= 11 is 0. The largest absolute Gasteiger partial charge is 0.383 e. The van der Waals surface area contributed by atoms with Gasteiger partial charge in [-0.05, 0) is 31.7 Å². The normalized spacial score (nSPS) is 12.7. The van der Waals surface area contributed by atoms with Crippen molar-refractivity contribution < 1.29 is 22.7 Å². The number of benzene rings is 1. The van der Waals surface area contributed by atoms with Gasteiger partial charge in [0.05, 0.1) is 18.0 Å². The molecule has 0 fully saturated rings. The number of amides is 3. The van der Waals surface area contributed by atoms with Crippen LogP contribution in [0.15, 0.2) is 29.2 Å². The molecule has 0 saturated carbocycles. The lowest BCUT2D eigenvalue weighted by Gasteiger charge is -2.24. The molecule has 0 bridgehead atoms. The summed E-state index contributed by atoms with van der Waals surface area (Å²) in [5, 5.41) is 9.82. The summed E-state index contributed by atoms with van der Waals surface area (Å²) in [5.74, 6) is -0.480. The van der Waals surface area contributed by atoms with Crippen molar-refractivity contribution in [1.29, 1.82) is 0 Å². The van der Waals surface area contributed by atoms with Crippen molar-refractivity contribution in [3.05, 3.63) is 29.8 Å². The summed E-state index contributed by atoms with van der Waals surface area (Å²) in [4.78, 5) is 25.1. The highest BCUT2D eigenvalue weighted by molar-refractivity contribution is 7.89. The fourth-order valence-corrected chi connectivity index (χ4v) is 2.61. The van der Waals surface area contributed by atoms with Crippen LogP contribution >= 0.6 is 0 Å². The number of urea groups is 1. The Kier molecular flexibility index (Phi) is 7.97. The van der Waals surface area contributed by atoms with Gasteiger partial charge in [-0.15, -0.1) is 0 Å². The fraction of sp³-hybridized carbons (Fsp3) is 0.467. The number of ether oxygens (including phenoxy) is 1. The molecule has 0 saturated heterocycles. The van der Waals surface area contributed by atoms with Gasteiger partial charge in [0.1, 0.15) is 0 Å². The van der Waals surface area contributed by atoms with E-state index in [-0.39, 0.29) is 17.5 Å². The monoisotopic (exact) mass is 372 g/mol. The van der Waals surface area contributed by atoms with E-state index >= 15 is 0 Å². The topological polar surface area (TPSA) is 131 Å². The predicted molar refractivity (Wildman–Crippen MR) is 92.3 cm³/mol. The van der Waals surface area contributed by atoms with Gasteiger partial charge < -0.3 is 10.1 Å². The molecule has 1 aromatic carbocycles.